The van der Waals surface area contributed by atoms with E-state index in [9.17, 15) is 8.42 Å². The third kappa shape index (κ3) is 3.50. The Hall–Kier alpha value is -0.680. The maximum Gasteiger partial charge on any atom is 0.178 e. The monoisotopic (exact) mass is 313 g/mol. The van der Waals surface area contributed by atoms with E-state index >= 15 is 0 Å². The molecule has 1 atom stereocenters. The molecule has 1 unspecified atom stereocenters. The summed E-state index contributed by atoms with van der Waals surface area (Å²) < 4.78 is 23.6. The molecule has 3 nitrogen and oxygen atoms in total. The molecule has 0 radical (unpaired) electrons. The van der Waals surface area contributed by atoms with Crippen molar-refractivity contribution in [3.05, 3.63) is 24.3 Å². The molecule has 1 aromatic carbocycles. The average molecular weight is 313 g/mol. The number of rotatable bonds is 4. The normalized spacial score (nSPS) is 22.4. The van der Waals surface area contributed by atoms with Crippen LogP contribution in [-0.4, -0.2) is 31.7 Å². The van der Waals surface area contributed by atoms with Crippen LogP contribution in [0.1, 0.15) is 27.2 Å². The maximum atomic E-state index is 11.8. The molecule has 1 N–H and O–H groups in total. The van der Waals surface area contributed by atoms with Crippen molar-refractivity contribution < 1.29 is 8.42 Å². The summed E-state index contributed by atoms with van der Waals surface area (Å²) in [5, 5.41) is 3.55. The zero-order valence-electron chi connectivity index (χ0n) is 12.3. The molecule has 112 valence electrons. The van der Waals surface area contributed by atoms with Crippen molar-refractivity contribution in [1.82, 2.24) is 0 Å². The Bertz CT molecular complexity index is 550. The van der Waals surface area contributed by atoms with Crippen LogP contribution < -0.4 is 5.32 Å². The van der Waals surface area contributed by atoms with Crippen LogP contribution in [0.2, 0.25) is 0 Å². The van der Waals surface area contributed by atoms with E-state index < -0.39 is 9.84 Å². The van der Waals surface area contributed by atoms with Gasteiger partial charge in [0.2, 0.25) is 0 Å². The molecule has 0 aliphatic carbocycles. The number of hydrogen-bond donors (Lipinski definition) is 1. The lowest BCUT2D eigenvalue weighted by molar-refractivity contribution is 0.305. The van der Waals surface area contributed by atoms with Crippen molar-refractivity contribution in [3.63, 3.8) is 0 Å². The summed E-state index contributed by atoms with van der Waals surface area (Å²) in [6.45, 7) is 6.25. The number of sulfone groups is 1. The Labute approximate surface area is 126 Å². The van der Waals surface area contributed by atoms with Crippen molar-refractivity contribution in [3.8, 4) is 0 Å². The van der Waals surface area contributed by atoms with Crippen LogP contribution in [0.4, 0.5) is 5.69 Å². The summed E-state index contributed by atoms with van der Waals surface area (Å²) in [7, 11) is -3.10. The van der Waals surface area contributed by atoms with Crippen LogP contribution >= 0.6 is 11.8 Å². The highest BCUT2D eigenvalue weighted by Crippen LogP contribution is 2.36. The average Bonchev–Trinajstić information content (AvgIpc) is 2.42. The molecule has 2 rings (SSSR count). The van der Waals surface area contributed by atoms with Crippen LogP contribution in [0, 0.1) is 5.41 Å². The fourth-order valence-electron chi connectivity index (χ4n) is 2.30. The standard InChI is InChI=1S/C15H23NO2S2/c1-4-20(17,18)13-7-5-12(6-8-13)16-14-11-19-10-9-15(14,2)3/h5-8,14,16H,4,9-11H2,1-3H3. The molecule has 0 saturated carbocycles. The van der Waals surface area contributed by atoms with E-state index in [2.05, 4.69) is 19.2 Å². The van der Waals surface area contributed by atoms with Gasteiger partial charge in [-0.1, -0.05) is 20.8 Å². The lowest BCUT2D eigenvalue weighted by Crippen LogP contribution is -2.41. The van der Waals surface area contributed by atoms with Gasteiger partial charge in [-0.05, 0) is 41.9 Å². The minimum atomic E-state index is -3.10. The van der Waals surface area contributed by atoms with Gasteiger partial charge in [-0.2, -0.15) is 11.8 Å². The van der Waals surface area contributed by atoms with Crippen molar-refractivity contribution in [2.24, 2.45) is 5.41 Å². The zero-order valence-corrected chi connectivity index (χ0v) is 14.0. The molecule has 1 fully saturated rings. The largest absolute Gasteiger partial charge is 0.381 e. The lowest BCUT2D eigenvalue weighted by Gasteiger charge is -2.39. The SMILES string of the molecule is CCS(=O)(=O)c1ccc(NC2CSCCC2(C)C)cc1. The summed E-state index contributed by atoms with van der Waals surface area (Å²) in [5.41, 5.74) is 1.28. The number of thioether (sulfide) groups is 1. The van der Waals surface area contributed by atoms with Crippen LogP contribution in [0.3, 0.4) is 0 Å². The molecule has 1 saturated heterocycles. The fourth-order valence-corrected chi connectivity index (χ4v) is 4.79. The Balaban J connectivity index is 2.11. The molecule has 1 aliphatic heterocycles. The summed E-state index contributed by atoms with van der Waals surface area (Å²) >= 11 is 1.98. The second kappa shape index (κ2) is 5.98. The van der Waals surface area contributed by atoms with E-state index in [4.69, 9.17) is 0 Å². The Kier molecular flexibility index (Phi) is 4.69. The summed E-state index contributed by atoms with van der Waals surface area (Å²) in [6.07, 6.45) is 1.21. The van der Waals surface area contributed by atoms with Crippen molar-refractivity contribution >= 4 is 27.3 Å². The molecule has 1 aliphatic rings. The van der Waals surface area contributed by atoms with Gasteiger partial charge in [0.15, 0.2) is 9.84 Å². The van der Waals surface area contributed by atoms with E-state index in [1.54, 1.807) is 19.1 Å². The minimum Gasteiger partial charge on any atom is -0.381 e. The molecule has 0 amide bonds. The van der Waals surface area contributed by atoms with Gasteiger partial charge in [0.1, 0.15) is 0 Å². The fraction of sp³-hybridized carbons (Fsp3) is 0.600. The van der Waals surface area contributed by atoms with E-state index in [1.807, 2.05) is 23.9 Å². The van der Waals surface area contributed by atoms with E-state index in [1.165, 1.54) is 12.2 Å². The third-order valence-corrected chi connectivity index (χ3v) is 6.87. The highest BCUT2D eigenvalue weighted by Gasteiger charge is 2.32. The molecule has 0 aromatic heterocycles. The first kappa shape index (κ1) is 15.7. The van der Waals surface area contributed by atoms with E-state index in [0.717, 1.165) is 11.4 Å². The van der Waals surface area contributed by atoms with Gasteiger partial charge >= 0.3 is 0 Å². The molecular weight excluding hydrogens is 290 g/mol. The van der Waals surface area contributed by atoms with Gasteiger partial charge in [0.25, 0.3) is 0 Å². The smallest absolute Gasteiger partial charge is 0.178 e. The van der Waals surface area contributed by atoms with Crippen LogP contribution in [0.25, 0.3) is 0 Å². The molecule has 1 heterocycles. The second-order valence-electron chi connectivity index (χ2n) is 5.94. The number of anilines is 1. The van der Waals surface area contributed by atoms with Gasteiger partial charge in [-0.25, -0.2) is 8.42 Å². The predicted molar refractivity (Wildman–Crippen MR) is 87.3 cm³/mol. The summed E-state index contributed by atoms with van der Waals surface area (Å²) in [6, 6.07) is 7.57. The first-order valence-electron chi connectivity index (χ1n) is 7.02. The zero-order chi connectivity index (χ0) is 14.8. The molecule has 5 heteroatoms. The number of benzene rings is 1. The van der Waals surface area contributed by atoms with Gasteiger partial charge in [-0.15, -0.1) is 0 Å². The maximum absolute atomic E-state index is 11.8. The van der Waals surface area contributed by atoms with E-state index in [0.29, 0.717) is 10.9 Å². The van der Waals surface area contributed by atoms with Crippen LogP contribution in [0.15, 0.2) is 29.2 Å². The summed E-state index contributed by atoms with van der Waals surface area (Å²) in [5.74, 6) is 2.47. The van der Waals surface area contributed by atoms with E-state index in [-0.39, 0.29) is 11.2 Å². The Morgan fingerprint density at radius 2 is 1.95 bits per heavy atom. The minimum absolute atomic E-state index is 0.145. The van der Waals surface area contributed by atoms with Gasteiger partial charge in [0, 0.05) is 17.5 Å². The predicted octanol–water partition coefficient (Wildman–Crippen LogP) is 3.42. The molecule has 0 bridgehead atoms. The molecule has 0 spiro atoms. The second-order valence-corrected chi connectivity index (χ2v) is 9.37. The van der Waals surface area contributed by atoms with Crippen LogP contribution in [0.5, 0.6) is 0 Å². The van der Waals surface area contributed by atoms with Gasteiger partial charge < -0.3 is 5.32 Å². The van der Waals surface area contributed by atoms with Gasteiger partial charge in [0.05, 0.1) is 10.6 Å². The molecular formula is C15H23NO2S2. The topological polar surface area (TPSA) is 46.2 Å². The number of nitrogens with one attached hydrogen (secondary N) is 1. The highest BCUT2D eigenvalue weighted by molar-refractivity contribution is 7.99. The molecule has 20 heavy (non-hydrogen) atoms. The van der Waals surface area contributed by atoms with Crippen molar-refractivity contribution in [1.29, 1.82) is 0 Å². The first-order valence-corrected chi connectivity index (χ1v) is 9.83. The highest BCUT2D eigenvalue weighted by atomic mass is 32.2. The van der Waals surface area contributed by atoms with Crippen molar-refractivity contribution in [2.45, 2.75) is 38.1 Å². The van der Waals surface area contributed by atoms with Crippen LogP contribution in [-0.2, 0) is 9.84 Å². The number of hydrogen-bond acceptors (Lipinski definition) is 4. The Morgan fingerprint density at radius 3 is 2.50 bits per heavy atom. The quantitative estimate of drug-likeness (QED) is 0.925. The lowest BCUT2D eigenvalue weighted by atomic mass is 9.82. The van der Waals surface area contributed by atoms with Gasteiger partial charge in [-0.3, -0.25) is 0 Å². The summed E-state index contributed by atoms with van der Waals surface area (Å²) in [4.78, 5) is 0.405. The van der Waals surface area contributed by atoms with Crippen molar-refractivity contribution in [2.75, 3.05) is 22.6 Å². The Morgan fingerprint density at radius 1 is 1.30 bits per heavy atom. The third-order valence-electron chi connectivity index (χ3n) is 4.05. The first-order chi connectivity index (χ1) is 9.35. The molecule has 1 aromatic rings.